The quantitative estimate of drug-likeness (QED) is 0.185. The lowest BCUT2D eigenvalue weighted by Crippen LogP contribution is -2.44. The van der Waals surface area contributed by atoms with E-state index in [1.807, 2.05) is 0 Å². The van der Waals surface area contributed by atoms with E-state index in [9.17, 15) is 9.18 Å². The van der Waals surface area contributed by atoms with E-state index in [-0.39, 0.29) is 23.0 Å². The molecule has 1 aliphatic heterocycles. The largest absolute Gasteiger partial charge is 0.493 e. The lowest BCUT2D eigenvalue weighted by atomic mass is 9.98. The van der Waals surface area contributed by atoms with Crippen LogP contribution in [0, 0.1) is 11.6 Å². The Bertz CT molecular complexity index is 1860. The number of hydrogen-bond donors (Lipinski definition) is 1. The number of likely N-dealkylation sites (N-methyl/N-ethyl adjacent to an activating group) is 1. The zero-order valence-corrected chi connectivity index (χ0v) is 26.0. The molecule has 1 amide bonds. The lowest BCUT2D eigenvalue weighted by molar-refractivity contribution is -0.119. The molecule has 1 unspecified atom stereocenters. The maximum atomic E-state index is 15.5. The topological polar surface area (TPSA) is 129 Å². The van der Waals surface area contributed by atoms with Gasteiger partial charge in [-0.3, -0.25) is 9.78 Å². The Hall–Kier alpha value is -5.14. The predicted octanol–water partition coefficient (Wildman–Crippen LogP) is 5.00. The first-order valence-electron chi connectivity index (χ1n) is 15.2. The van der Waals surface area contributed by atoms with Crippen LogP contribution in [0.5, 0.6) is 23.0 Å². The van der Waals surface area contributed by atoms with Gasteiger partial charge in [-0.2, -0.15) is 4.98 Å². The molecule has 0 saturated carbocycles. The van der Waals surface area contributed by atoms with E-state index in [4.69, 9.17) is 24.5 Å². The Morgan fingerprint density at radius 2 is 1.77 bits per heavy atom. The first-order chi connectivity index (χ1) is 22.8. The highest BCUT2D eigenvalue weighted by molar-refractivity contribution is 5.88. The van der Waals surface area contributed by atoms with E-state index in [1.54, 1.807) is 31.5 Å². The SMILES string of the molecule is COc1cc2c(Oc3ccc(C(C(N)=O)c4nc(-c5ccc(F)cc5)no4)cc3F)ccnc2cc1OCCCN1CCN(C)CC1. The molecule has 1 saturated heterocycles. The zero-order valence-electron chi connectivity index (χ0n) is 26.0. The van der Waals surface area contributed by atoms with E-state index >= 15 is 4.39 Å². The first-order valence-corrected chi connectivity index (χ1v) is 15.2. The van der Waals surface area contributed by atoms with Crippen molar-refractivity contribution in [2.75, 3.05) is 53.5 Å². The Morgan fingerprint density at radius 3 is 2.49 bits per heavy atom. The summed E-state index contributed by atoms with van der Waals surface area (Å²) >= 11 is 0. The zero-order chi connectivity index (χ0) is 32.9. The maximum Gasteiger partial charge on any atom is 0.244 e. The number of hydrogen-bond acceptors (Lipinski definition) is 10. The number of ether oxygens (including phenoxy) is 3. The minimum absolute atomic E-state index is 0.0924. The molecule has 1 atom stereocenters. The molecule has 1 aliphatic rings. The van der Waals surface area contributed by atoms with Crippen molar-refractivity contribution in [3.05, 3.63) is 89.9 Å². The third-order valence-electron chi connectivity index (χ3n) is 8.04. The van der Waals surface area contributed by atoms with Gasteiger partial charge in [-0.15, -0.1) is 0 Å². The van der Waals surface area contributed by atoms with Crippen LogP contribution < -0.4 is 19.9 Å². The van der Waals surface area contributed by atoms with Crippen molar-refractivity contribution in [2.45, 2.75) is 12.3 Å². The molecule has 47 heavy (non-hydrogen) atoms. The normalized spacial score (nSPS) is 14.6. The summed E-state index contributed by atoms with van der Waals surface area (Å²) in [4.78, 5) is 25.9. The number of carbonyl (C=O) groups is 1. The summed E-state index contributed by atoms with van der Waals surface area (Å²) < 4.78 is 51.8. The number of carbonyl (C=O) groups excluding carboxylic acids is 1. The van der Waals surface area contributed by atoms with Crippen LogP contribution in [0.15, 0.2) is 71.4 Å². The number of piperazine rings is 1. The molecule has 11 nitrogen and oxygen atoms in total. The Labute approximate surface area is 269 Å². The fraction of sp³-hybridized carbons (Fsp3) is 0.294. The number of nitrogens with zero attached hydrogens (tertiary/aromatic N) is 5. The third-order valence-corrected chi connectivity index (χ3v) is 8.04. The van der Waals surface area contributed by atoms with E-state index < -0.39 is 23.5 Å². The highest BCUT2D eigenvalue weighted by atomic mass is 19.1. The standard InChI is InChI=1S/C34H34F2N6O5/c1-41-13-15-42(16-14-41)12-3-17-45-30-20-26-24(19-29(30)44-2)27(10-11-38-26)46-28-9-6-22(18-25(28)36)31(32(37)43)34-39-33(40-47-34)21-4-7-23(35)8-5-21/h4-11,18-20,31H,3,12-17H2,1-2H3,(H2,37,43). The molecule has 1 fully saturated rings. The number of benzene rings is 3. The average Bonchev–Trinajstić information content (AvgIpc) is 3.54. The molecule has 0 aliphatic carbocycles. The summed E-state index contributed by atoms with van der Waals surface area (Å²) in [5, 5.41) is 4.46. The van der Waals surface area contributed by atoms with E-state index in [1.165, 1.54) is 36.4 Å². The van der Waals surface area contributed by atoms with E-state index in [0.717, 1.165) is 45.2 Å². The van der Waals surface area contributed by atoms with Gasteiger partial charge in [0.2, 0.25) is 17.6 Å². The van der Waals surface area contributed by atoms with Crippen molar-refractivity contribution in [1.82, 2.24) is 24.9 Å². The molecule has 13 heteroatoms. The fourth-order valence-electron chi connectivity index (χ4n) is 5.43. The number of nitrogens with two attached hydrogens (primary N) is 1. The maximum absolute atomic E-state index is 15.5. The molecular formula is C34H34F2N6O5. The monoisotopic (exact) mass is 644 g/mol. The number of primary amides is 1. The number of rotatable bonds is 12. The van der Waals surface area contributed by atoms with E-state index in [0.29, 0.717) is 40.3 Å². The second-order valence-electron chi connectivity index (χ2n) is 11.3. The number of aromatic nitrogens is 3. The fourth-order valence-corrected chi connectivity index (χ4v) is 5.43. The summed E-state index contributed by atoms with van der Waals surface area (Å²) in [7, 11) is 3.69. The molecule has 0 spiro atoms. The van der Waals surface area contributed by atoms with Crippen LogP contribution in [0.1, 0.15) is 23.8 Å². The highest BCUT2D eigenvalue weighted by Gasteiger charge is 2.28. The molecule has 0 bridgehead atoms. The number of pyridine rings is 1. The van der Waals surface area contributed by atoms with Crippen LogP contribution >= 0.6 is 0 Å². The number of amides is 1. The van der Waals surface area contributed by atoms with Crippen molar-refractivity contribution in [1.29, 1.82) is 0 Å². The number of halogens is 2. The molecular weight excluding hydrogens is 610 g/mol. The average molecular weight is 645 g/mol. The summed E-state index contributed by atoms with van der Waals surface area (Å²) in [6.07, 6.45) is 2.43. The van der Waals surface area contributed by atoms with Gasteiger partial charge in [0.15, 0.2) is 23.1 Å². The van der Waals surface area contributed by atoms with Gasteiger partial charge in [-0.1, -0.05) is 11.2 Å². The summed E-state index contributed by atoms with van der Waals surface area (Å²) in [6.45, 7) is 5.71. The van der Waals surface area contributed by atoms with Gasteiger partial charge in [-0.05, 0) is 67.6 Å². The molecule has 3 heterocycles. The molecule has 3 aromatic carbocycles. The third kappa shape index (κ3) is 7.31. The molecule has 5 aromatic rings. The van der Waals surface area contributed by atoms with Crippen LogP contribution in [0.25, 0.3) is 22.3 Å². The van der Waals surface area contributed by atoms with Gasteiger partial charge in [0.25, 0.3) is 0 Å². The Morgan fingerprint density at radius 1 is 0.979 bits per heavy atom. The molecule has 0 radical (unpaired) electrons. The van der Waals surface area contributed by atoms with Crippen LogP contribution in [0.3, 0.4) is 0 Å². The van der Waals surface area contributed by atoms with Crippen molar-refractivity contribution in [3.8, 4) is 34.4 Å². The number of fused-ring (bicyclic) bond motifs is 1. The van der Waals surface area contributed by atoms with Crippen LogP contribution in [0.4, 0.5) is 8.78 Å². The van der Waals surface area contributed by atoms with Gasteiger partial charge >= 0.3 is 0 Å². The molecule has 2 N–H and O–H groups in total. The van der Waals surface area contributed by atoms with Crippen molar-refractivity contribution < 1.29 is 32.3 Å². The summed E-state index contributed by atoms with van der Waals surface area (Å²) in [5.41, 5.74) is 6.90. The van der Waals surface area contributed by atoms with Crippen LogP contribution in [-0.4, -0.2) is 84.3 Å². The Balaban J connectivity index is 1.17. The van der Waals surface area contributed by atoms with Crippen LogP contribution in [0.2, 0.25) is 0 Å². The molecule has 2 aromatic heterocycles. The van der Waals surface area contributed by atoms with Gasteiger partial charge in [0.05, 0.1) is 19.2 Å². The summed E-state index contributed by atoms with van der Waals surface area (Å²) in [5.74, 6) is -1.92. The summed E-state index contributed by atoms with van der Waals surface area (Å²) in [6, 6.07) is 14.6. The van der Waals surface area contributed by atoms with Crippen molar-refractivity contribution in [2.24, 2.45) is 5.73 Å². The smallest absolute Gasteiger partial charge is 0.244 e. The van der Waals surface area contributed by atoms with E-state index in [2.05, 4.69) is 32.0 Å². The minimum Gasteiger partial charge on any atom is -0.493 e. The molecule has 244 valence electrons. The second-order valence-corrected chi connectivity index (χ2v) is 11.3. The van der Waals surface area contributed by atoms with Crippen molar-refractivity contribution in [3.63, 3.8) is 0 Å². The predicted molar refractivity (Wildman–Crippen MR) is 170 cm³/mol. The number of methoxy groups -OCH3 is 1. The minimum atomic E-state index is -1.23. The highest BCUT2D eigenvalue weighted by Crippen LogP contribution is 2.38. The lowest BCUT2D eigenvalue weighted by Gasteiger charge is -2.32. The molecule has 6 rings (SSSR count). The van der Waals surface area contributed by atoms with Gasteiger partial charge in [0, 0.05) is 55.9 Å². The Kier molecular flexibility index (Phi) is 9.55. The second kappa shape index (κ2) is 14.1. The van der Waals surface area contributed by atoms with Gasteiger partial charge < -0.3 is 34.3 Å². The van der Waals surface area contributed by atoms with Gasteiger partial charge in [0.1, 0.15) is 17.5 Å². The first kappa shape index (κ1) is 31.8. The van der Waals surface area contributed by atoms with Gasteiger partial charge in [-0.25, -0.2) is 8.78 Å². The van der Waals surface area contributed by atoms with Crippen LogP contribution in [-0.2, 0) is 4.79 Å². The van der Waals surface area contributed by atoms with Crippen molar-refractivity contribution >= 4 is 16.8 Å².